The smallest absolute Gasteiger partial charge is 0.307 e. The first-order valence-electron chi connectivity index (χ1n) is 4.70. The van der Waals surface area contributed by atoms with Crippen LogP contribution >= 0.6 is 0 Å². The Hall–Kier alpha value is -1.71. The topological polar surface area (TPSA) is 49.8 Å². The van der Waals surface area contributed by atoms with E-state index in [1.54, 1.807) is 24.3 Å². The second-order valence-electron chi connectivity index (χ2n) is 3.26. The number of nitrogens with zero attached hydrogens (tertiary/aromatic N) is 1. The number of hydrogen-bond acceptors (Lipinski definition) is 4. The lowest BCUT2D eigenvalue weighted by Gasteiger charge is -2.18. The number of carbonyl (C=O) groups excluding carboxylic acids is 1. The van der Waals surface area contributed by atoms with Crippen molar-refractivity contribution in [2.75, 3.05) is 25.6 Å². The summed E-state index contributed by atoms with van der Waals surface area (Å²) in [6.07, 6.45) is 0.355. The number of aromatic hydroxyl groups is 1. The molecule has 0 spiro atoms. The number of anilines is 1. The van der Waals surface area contributed by atoms with Crippen LogP contribution in [0.3, 0.4) is 0 Å². The molecule has 0 aliphatic carbocycles. The number of esters is 1. The SMILES string of the molecule is COC(=O)CCN(C)c1ccc(O)cc1. The van der Waals surface area contributed by atoms with E-state index in [0.717, 1.165) is 5.69 Å². The van der Waals surface area contributed by atoms with Gasteiger partial charge in [0.2, 0.25) is 0 Å². The Labute approximate surface area is 89.1 Å². The summed E-state index contributed by atoms with van der Waals surface area (Å²) >= 11 is 0. The standard InChI is InChI=1S/C11H15NO3/c1-12(8-7-11(14)15-2)9-3-5-10(13)6-4-9/h3-6,13H,7-8H2,1-2H3. The van der Waals surface area contributed by atoms with Crippen molar-refractivity contribution in [3.63, 3.8) is 0 Å². The van der Waals surface area contributed by atoms with Gasteiger partial charge in [0.1, 0.15) is 5.75 Å². The van der Waals surface area contributed by atoms with E-state index in [0.29, 0.717) is 13.0 Å². The first-order chi connectivity index (χ1) is 7.13. The molecule has 0 aromatic heterocycles. The van der Waals surface area contributed by atoms with Crippen LogP contribution in [-0.4, -0.2) is 31.8 Å². The number of rotatable bonds is 4. The maximum absolute atomic E-state index is 10.9. The highest BCUT2D eigenvalue weighted by Gasteiger charge is 2.04. The van der Waals surface area contributed by atoms with Gasteiger partial charge in [0, 0.05) is 19.3 Å². The molecular formula is C11H15NO3. The van der Waals surface area contributed by atoms with Gasteiger partial charge in [-0.25, -0.2) is 0 Å². The molecule has 0 amide bonds. The Kier molecular flexibility index (Phi) is 3.97. The zero-order chi connectivity index (χ0) is 11.3. The Morgan fingerprint density at radius 3 is 2.53 bits per heavy atom. The summed E-state index contributed by atoms with van der Waals surface area (Å²) in [5.74, 6) is 0.0146. The fourth-order valence-electron chi connectivity index (χ4n) is 1.20. The van der Waals surface area contributed by atoms with Crippen molar-refractivity contribution in [1.82, 2.24) is 0 Å². The largest absolute Gasteiger partial charge is 0.508 e. The second-order valence-corrected chi connectivity index (χ2v) is 3.26. The zero-order valence-electron chi connectivity index (χ0n) is 8.93. The summed E-state index contributed by atoms with van der Waals surface area (Å²) in [7, 11) is 3.26. The van der Waals surface area contributed by atoms with Crippen molar-refractivity contribution >= 4 is 11.7 Å². The molecule has 82 valence electrons. The summed E-state index contributed by atoms with van der Waals surface area (Å²) in [4.78, 5) is 12.8. The van der Waals surface area contributed by atoms with E-state index >= 15 is 0 Å². The van der Waals surface area contributed by atoms with Gasteiger partial charge < -0.3 is 14.7 Å². The Morgan fingerprint density at radius 1 is 1.40 bits per heavy atom. The molecule has 15 heavy (non-hydrogen) atoms. The highest BCUT2D eigenvalue weighted by Crippen LogP contribution is 2.17. The summed E-state index contributed by atoms with van der Waals surface area (Å²) in [6.45, 7) is 0.595. The molecule has 4 heteroatoms. The highest BCUT2D eigenvalue weighted by atomic mass is 16.5. The van der Waals surface area contributed by atoms with E-state index in [4.69, 9.17) is 5.11 Å². The highest BCUT2D eigenvalue weighted by molar-refractivity contribution is 5.70. The van der Waals surface area contributed by atoms with Crippen LogP contribution in [0.15, 0.2) is 24.3 Å². The average Bonchev–Trinajstić information content (AvgIpc) is 2.26. The van der Waals surface area contributed by atoms with Crippen LogP contribution in [0, 0.1) is 0 Å². The van der Waals surface area contributed by atoms with Crippen molar-refractivity contribution in [2.24, 2.45) is 0 Å². The number of benzene rings is 1. The number of ether oxygens (including phenoxy) is 1. The van der Waals surface area contributed by atoms with Gasteiger partial charge in [0.25, 0.3) is 0 Å². The minimum Gasteiger partial charge on any atom is -0.508 e. The zero-order valence-corrected chi connectivity index (χ0v) is 8.93. The first kappa shape index (κ1) is 11.4. The van der Waals surface area contributed by atoms with Crippen LogP contribution in [0.5, 0.6) is 5.75 Å². The van der Waals surface area contributed by atoms with Crippen molar-refractivity contribution in [1.29, 1.82) is 0 Å². The lowest BCUT2D eigenvalue weighted by Crippen LogP contribution is -2.21. The number of methoxy groups -OCH3 is 1. The third kappa shape index (κ3) is 3.50. The summed E-state index contributed by atoms with van der Waals surface area (Å²) in [5.41, 5.74) is 0.955. The number of phenolic OH excluding ortho intramolecular Hbond substituents is 1. The van der Waals surface area contributed by atoms with Gasteiger partial charge >= 0.3 is 5.97 Å². The van der Waals surface area contributed by atoms with E-state index in [-0.39, 0.29) is 11.7 Å². The molecule has 0 atom stereocenters. The molecular weight excluding hydrogens is 194 g/mol. The van der Waals surface area contributed by atoms with Gasteiger partial charge in [-0.2, -0.15) is 0 Å². The second kappa shape index (κ2) is 5.24. The summed E-state index contributed by atoms with van der Waals surface area (Å²) in [5, 5.41) is 9.10. The summed E-state index contributed by atoms with van der Waals surface area (Å²) < 4.78 is 4.55. The summed E-state index contributed by atoms with van der Waals surface area (Å²) in [6, 6.07) is 6.83. The molecule has 4 nitrogen and oxygen atoms in total. The molecule has 0 saturated carbocycles. The van der Waals surface area contributed by atoms with E-state index in [9.17, 15) is 4.79 Å². The van der Waals surface area contributed by atoms with E-state index in [1.165, 1.54) is 7.11 Å². The average molecular weight is 209 g/mol. The fraction of sp³-hybridized carbons (Fsp3) is 0.364. The molecule has 0 bridgehead atoms. The van der Waals surface area contributed by atoms with Crippen LogP contribution in [0.4, 0.5) is 5.69 Å². The molecule has 1 aromatic carbocycles. The molecule has 0 unspecified atom stereocenters. The van der Waals surface area contributed by atoms with Gasteiger partial charge in [-0.3, -0.25) is 4.79 Å². The van der Waals surface area contributed by atoms with Crippen molar-refractivity contribution in [2.45, 2.75) is 6.42 Å². The molecule has 1 rings (SSSR count). The molecule has 1 aromatic rings. The molecule has 0 fully saturated rings. The van der Waals surface area contributed by atoms with E-state index in [1.807, 2.05) is 11.9 Å². The van der Waals surface area contributed by atoms with Crippen LogP contribution in [0.2, 0.25) is 0 Å². The molecule has 1 N–H and O–H groups in total. The van der Waals surface area contributed by atoms with Gasteiger partial charge in [-0.05, 0) is 24.3 Å². The normalized spacial score (nSPS) is 9.73. The number of hydrogen-bond donors (Lipinski definition) is 1. The molecule has 0 aliphatic heterocycles. The van der Waals surface area contributed by atoms with Gasteiger partial charge in [-0.15, -0.1) is 0 Å². The Bertz CT molecular complexity index is 321. The predicted octanol–water partition coefficient (Wildman–Crippen LogP) is 1.39. The Balaban J connectivity index is 2.50. The van der Waals surface area contributed by atoms with E-state index < -0.39 is 0 Å². The maximum atomic E-state index is 10.9. The van der Waals surface area contributed by atoms with Crippen molar-refractivity contribution < 1.29 is 14.6 Å². The van der Waals surface area contributed by atoms with Crippen molar-refractivity contribution in [3.8, 4) is 5.75 Å². The first-order valence-corrected chi connectivity index (χ1v) is 4.70. The molecule has 0 heterocycles. The maximum Gasteiger partial charge on any atom is 0.307 e. The number of carbonyl (C=O) groups is 1. The minimum atomic E-state index is -0.222. The molecule has 0 saturated heterocycles. The molecule has 0 radical (unpaired) electrons. The monoisotopic (exact) mass is 209 g/mol. The van der Waals surface area contributed by atoms with Crippen LogP contribution in [0.25, 0.3) is 0 Å². The third-order valence-corrected chi connectivity index (χ3v) is 2.17. The quantitative estimate of drug-likeness (QED) is 0.761. The lowest BCUT2D eigenvalue weighted by molar-refractivity contribution is -0.140. The third-order valence-electron chi connectivity index (χ3n) is 2.17. The van der Waals surface area contributed by atoms with E-state index in [2.05, 4.69) is 4.74 Å². The van der Waals surface area contributed by atoms with Crippen LogP contribution in [-0.2, 0) is 9.53 Å². The van der Waals surface area contributed by atoms with Crippen LogP contribution < -0.4 is 4.90 Å². The predicted molar refractivity (Wildman–Crippen MR) is 58.0 cm³/mol. The van der Waals surface area contributed by atoms with Gasteiger partial charge in [0.05, 0.1) is 13.5 Å². The van der Waals surface area contributed by atoms with Crippen molar-refractivity contribution in [3.05, 3.63) is 24.3 Å². The Morgan fingerprint density at radius 2 is 2.00 bits per heavy atom. The van der Waals surface area contributed by atoms with Gasteiger partial charge in [-0.1, -0.05) is 0 Å². The minimum absolute atomic E-state index is 0.222. The van der Waals surface area contributed by atoms with Gasteiger partial charge in [0.15, 0.2) is 0 Å². The molecule has 0 aliphatic rings. The number of phenols is 1. The fourth-order valence-corrected chi connectivity index (χ4v) is 1.20. The van der Waals surface area contributed by atoms with Crippen LogP contribution in [0.1, 0.15) is 6.42 Å². The lowest BCUT2D eigenvalue weighted by atomic mass is 10.2.